The fourth-order valence-electron chi connectivity index (χ4n) is 4.88. The van der Waals surface area contributed by atoms with Gasteiger partial charge in [-0.3, -0.25) is 19.3 Å². The normalized spacial score (nSPS) is 19.4. The van der Waals surface area contributed by atoms with E-state index < -0.39 is 6.04 Å². The van der Waals surface area contributed by atoms with Gasteiger partial charge in [0.2, 0.25) is 17.7 Å². The molecule has 0 spiro atoms. The zero-order valence-corrected chi connectivity index (χ0v) is 23.3. The van der Waals surface area contributed by atoms with Gasteiger partial charge in [-0.15, -0.1) is 0 Å². The molecule has 0 aliphatic carbocycles. The number of ether oxygens (including phenoxy) is 1. The molecule has 0 bridgehead atoms. The first-order valence-electron chi connectivity index (χ1n) is 13.5. The Kier molecular flexibility index (Phi) is 13.2. The standard InChI is InChI=1S/C19H35N5O4.C9H10O/c1-13(2)9-18(27)24(11-14(12-25)22-17(26)10-21-3)8-7-15-5-6-16(19(20)28)23(15)4;1-2-6-9-8(4-1)5-3-7-10-9/h12-16,21H,5-11H2,1-4H3,(H2,20,28)(H,22,26);1-2,4,6H,3,5,7H2. The second-order valence-electron chi connectivity index (χ2n) is 10.4. The lowest BCUT2D eigenvalue weighted by Crippen LogP contribution is -2.49. The van der Waals surface area contributed by atoms with Crippen molar-refractivity contribution in [3.8, 4) is 5.75 Å². The Bertz CT molecular complexity index is 900. The van der Waals surface area contributed by atoms with Crippen LogP contribution in [-0.4, -0.2) is 92.3 Å². The number of rotatable bonds is 12. The van der Waals surface area contributed by atoms with Crippen molar-refractivity contribution in [2.75, 3.05) is 40.3 Å². The topological polar surface area (TPSA) is 134 Å². The molecular weight excluding hydrogens is 486 g/mol. The van der Waals surface area contributed by atoms with Crippen molar-refractivity contribution in [1.82, 2.24) is 20.4 Å². The number of benzene rings is 1. The minimum Gasteiger partial charge on any atom is -0.493 e. The Morgan fingerprint density at radius 2 is 1.97 bits per heavy atom. The Hall–Kier alpha value is -2.98. The maximum Gasteiger partial charge on any atom is 0.234 e. The van der Waals surface area contributed by atoms with Crippen LogP contribution in [-0.2, 0) is 25.6 Å². The van der Waals surface area contributed by atoms with Gasteiger partial charge < -0.3 is 30.8 Å². The van der Waals surface area contributed by atoms with Gasteiger partial charge in [0, 0.05) is 25.6 Å². The van der Waals surface area contributed by atoms with E-state index in [-0.39, 0.29) is 48.8 Å². The van der Waals surface area contributed by atoms with Gasteiger partial charge in [0.15, 0.2) is 0 Å². The molecule has 0 saturated carbocycles. The van der Waals surface area contributed by atoms with Crippen LogP contribution in [0.25, 0.3) is 0 Å². The van der Waals surface area contributed by atoms with E-state index in [9.17, 15) is 19.2 Å². The van der Waals surface area contributed by atoms with Gasteiger partial charge in [-0.1, -0.05) is 32.0 Å². The Morgan fingerprint density at radius 3 is 2.58 bits per heavy atom. The summed E-state index contributed by atoms with van der Waals surface area (Å²) in [4.78, 5) is 51.0. The summed E-state index contributed by atoms with van der Waals surface area (Å²) in [6, 6.07) is 7.38. The van der Waals surface area contributed by atoms with Gasteiger partial charge in [0.25, 0.3) is 0 Å². The molecule has 4 N–H and O–H groups in total. The van der Waals surface area contributed by atoms with Crippen molar-refractivity contribution in [3.05, 3.63) is 29.8 Å². The van der Waals surface area contributed by atoms with Crippen molar-refractivity contribution >= 4 is 24.0 Å². The zero-order chi connectivity index (χ0) is 28.1. The molecule has 1 aromatic carbocycles. The number of hydrogen-bond acceptors (Lipinski definition) is 7. The Balaban J connectivity index is 0.000000415. The largest absolute Gasteiger partial charge is 0.493 e. The number of likely N-dealkylation sites (N-methyl/N-ethyl adjacent to an activating group) is 2. The van der Waals surface area contributed by atoms with Crippen LogP contribution in [0.15, 0.2) is 24.3 Å². The second-order valence-corrected chi connectivity index (χ2v) is 10.4. The maximum absolute atomic E-state index is 12.7. The molecule has 3 rings (SSSR count). The van der Waals surface area contributed by atoms with Crippen LogP contribution in [0.1, 0.15) is 51.5 Å². The molecule has 1 aromatic rings. The van der Waals surface area contributed by atoms with Crippen molar-refractivity contribution in [2.24, 2.45) is 11.7 Å². The van der Waals surface area contributed by atoms with Gasteiger partial charge >= 0.3 is 0 Å². The first-order chi connectivity index (χ1) is 18.2. The van der Waals surface area contributed by atoms with E-state index in [1.807, 2.05) is 37.9 Å². The molecule has 38 heavy (non-hydrogen) atoms. The molecule has 10 heteroatoms. The van der Waals surface area contributed by atoms with Crippen LogP contribution in [0.3, 0.4) is 0 Å². The summed E-state index contributed by atoms with van der Waals surface area (Å²) in [5, 5.41) is 5.36. The van der Waals surface area contributed by atoms with Crippen LogP contribution >= 0.6 is 0 Å². The Morgan fingerprint density at radius 1 is 1.24 bits per heavy atom. The SMILES string of the molecule is CNCC(=O)NC(C=O)CN(CCC1CCC(C(N)=O)N1C)C(=O)CC(C)C.c1ccc2c(c1)CCCO2. The molecular formula is C28H45N5O5. The zero-order valence-electron chi connectivity index (χ0n) is 23.3. The summed E-state index contributed by atoms with van der Waals surface area (Å²) in [7, 11) is 3.52. The monoisotopic (exact) mass is 531 g/mol. The summed E-state index contributed by atoms with van der Waals surface area (Å²) < 4.78 is 5.42. The number of carbonyl (C=O) groups is 4. The molecule has 2 aliphatic rings. The fraction of sp³-hybridized carbons (Fsp3) is 0.643. The summed E-state index contributed by atoms with van der Waals surface area (Å²) in [5.74, 6) is 0.601. The van der Waals surface area contributed by atoms with E-state index >= 15 is 0 Å². The molecule has 0 radical (unpaired) electrons. The average molecular weight is 532 g/mol. The highest BCUT2D eigenvalue weighted by Crippen LogP contribution is 2.25. The average Bonchev–Trinajstić information content (AvgIpc) is 3.26. The second kappa shape index (κ2) is 16.1. The highest BCUT2D eigenvalue weighted by Gasteiger charge is 2.34. The number of nitrogens with one attached hydrogen (secondary N) is 2. The number of hydrogen-bond donors (Lipinski definition) is 3. The summed E-state index contributed by atoms with van der Waals surface area (Å²) in [6.45, 7) is 5.51. The quantitative estimate of drug-likeness (QED) is 0.344. The third-order valence-electron chi connectivity index (χ3n) is 6.92. The molecule has 3 atom stereocenters. The smallest absolute Gasteiger partial charge is 0.234 e. The van der Waals surface area contributed by atoms with E-state index in [4.69, 9.17) is 10.5 Å². The van der Waals surface area contributed by atoms with Crippen LogP contribution in [0.2, 0.25) is 0 Å². The molecule has 3 amide bonds. The van der Waals surface area contributed by atoms with Gasteiger partial charge in [-0.2, -0.15) is 0 Å². The first kappa shape index (κ1) is 31.2. The first-order valence-corrected chi connectivity index (χ1v) is 13.5. The van der Waals surface area contributed by atoms with E-state index in [0.717, 1.165) is 25.2 Å². The van der Waals surface area contributed by atoms with Crippen molar-refractivity contribution < 1.29 is 23.9 Å². The van der Waals surface area contributed by atoms with E-state index in [1.165, 1.54) is 12.0 Å². The minimum absolute atomic E-state index is 0.0446. The number of carbonyl (C=O) groups excluding carboxylic acids is 4. The molecule has 3 unspecified atom stereocenters. The summed E-state index contributed by atoms with van der Waals surface area (Å²) >= 11 is 0. The number of aryl methyl sites for hydroxylation is 1. The molecule has 1 fully saturated rings. The molecule has 1 saturated heterocycles. The van der Waals surface area contributed by atoms with Gasteiger partial charge in [-0.25, -0.2) is 0 Å². The van der Waals surface area contributed by atoms with E-state index in [2.05, 4.69) is 22.8 Å². The van der Waals surface area contributed by atoms with E-state index in [0.29, 0.717) is 32.1 Å². The highest BCUT2D eigenvalue weighted by molar-refractivity contribution is 5.82. The predicted octanol–water partition coefficient (Wildman–Crippen LogP) is 1.11. The number of fused-ring (bicyclic) bond motifs is 1. The highest BCUT2D eigenvalue weighted by atomic mass is 16.5. The predicted molar refractivity (Wildman–Crippen MR) is 147 cm³/mol. The summed E-state index contributed by atoms with van der Waals surface area (Å²) in [5.41, 5.74) is 6.79. The van der Waals surface area contributed by atoms with Crippen LogP contribution in [0.4, 0.5) is 0 Å². The number of para-hydroxylation sites is 1. The number of likely N-dealkylation sites (tertiary alicyclic amines) is 1. The summed E-state index contributed by atoms with van der Waals surface area (Å²) in [6.07, 6.45) is 5.61. The van der Waals surface area contributed by atoms with Crippen LogP contribution in [0, 0.1) is 5.92 Å². The van der Waals surface area contributed by atoms with Crippen LogP contribution in [0.5, 0.6) is 5.75 Å². The van der Waals surface area contributed by atoms with Crippen molar-refractivity contribution in [3.63, 3.8) is 0 Å². The number of nitrogens with two attached hydrogens (primary N) is 1. The van der Waals surface area contributed by atoms with Gasteiger partial charge in [0.05, 0.1) is 19.2 Å². The van der Waals surface area contributed by atoms with Crippen molar-refractivity contribution in [1.29, 1.82) is 0 Å². The molecule has 10 nitrogen and oxygen atoms in total. The number of nitrogens with zero attached hydrogens (tertiary/aromatic N) is 2. The maximum atomic E-state index is 12.7. The third kappa shape index (κ3) is 10.1. The van der Waals surface area contributed by atoms with Crippen LogP contribution < -0.4 is 21.1 Å². The third-order valence-corrected chi connectivity index (χ3v) is 6.92. The lowest BCUT2D eigenvalue weighted by atomic mass is 10.1. The fourth-order valence-corrected chi connectivity index (χ4v) is 4.88. The minimum atomic E-state index is -0.753. The number of amides is 3. The molecule has 2 aliphatic heterocycles. The molecule has 2 heterocycles. The Labute approximate surface area is 226 Å². The molecule has 212 valence electrons. The number of primary amides is 1. The van der Waals surface area contributed by atoms with Gasteiger partial charge in [0.1, 0.15) is 18.1 Å². The van der Waals surface area contributed by atoms with Gasteiger partial charge in [-0.05, 0) is 63.7 Å². The van der Waals surface area contributed by atoms with E-state index in [1.54, 1.807) is 11.9 Å². The lowest BCUT2D eigenvalue weighted by molar-refractivity contribution is -0.134. The molecule has 0 aromatic heterocycles. The lowest BCUT2D eigenvalue weighted by Gasteiger charge is -2.30. The van der Waals surface area contributed by atoms with Crippen molar-refractivity contribution in [2.45, 2.75) is 70.5 Å². The number of aldehydes is 1.